The number of aliphatic carboxylic acids is 1. The number of carboxylic acid groups (broad SMARTS) is 1. The Hall–Kier alpha value is -1.62. The molecule has 0 aromatic heterocycles. The molecule has 7 unspecified atom stereocenters. The van der Waals surface area contributed by atoms with E-state index in [-0.39, 0.29) is 51.5 Å². The molecule has 0 bridgehead atoms. The summed E-state index contributed by atoms with van der Waals surface area (Å²) in [5.74, 6) is -0.868. The summed E-state index contributed by atoms with van der Waals surface area (Å²) in [5, 5.41) is 22.2. The monoisotopic (exact) mass is 542 g/mol. The topological polar surface area (TPSA) is 83.8 Å². The predicted molar refractivity (Wildman–Crippen MR) is 155 cm³/mol. The molecule has 2 saturated carbocycles. The van der Waals surface area contributed by atoms with E-state index in [2.05, 4.69) is 55.0 Å². The Morgan fingerprint density at radius 1 is 1.08 bits per heavy atom. The number of carboxylic acids is 1. The molecule has 0 heterocycles. The number of carbonyl (C=O) groups excluding carboxylic acids is 1. The van der Waals surface area contributed by atoms with Crippen LogP contribution in [0.2, 0.25) is 0 Å². The Morgan fingerprint density at radius 2 is 1.72 bits per heavy atom. The second kappa shape index (κ2) is 10.0. The maximum absolute atomic E-state index is 12.8. The number of fused-ring (bicyclic) bond motifs is 4. The smallest absolute Gasteiger partial charge is 0.306 e. The molecule has 0 aromatic carbocycles. The lowest BCUT2D eigenvalue weighted by atomic mass is 9.41. The fourth-order valence-electron chi connectivity index (χ4n) is 10.4. The highest BCUT2D eigenvalue weighted by Gasteiger charge is 2.68. The molecule has 0 amide bonds. The highest BCUT2D eigenvalue weighted by Crippen LogP contribution is 2.74. The molecular formula is C34H54O5. The highest BCUT2D eigenvalue weighted by atomic mass is 16.5. The average Bonchev–Trinajstić information content (AvgIpc) is 3.03. The zero-order valence-electron chi connectivity index (χ0n) is 26.0. The second-order valence-electron chi connectivity index (χ2n) is 15.2. The van der Waals surface area contributed by atoms with E-state index in [0.717, 1.165) is 44.1 Å². The van der Waals surface area contributed by atoms with Gasteiger partial charge in [0.1, 0.15) is 6.10 Å². The first-order valence-electron chi connectivity index (χ1n) is 15.4. The van der Waals surface area contributed by atoms with E-state index >= 15 is 0 Å². The summed E-state index contributed by atoms with van der Waals surface area (Å²) in [5.41, 5.74) is 3.53. The van der Waals surface area contributed by atoms with E-state index in [9.17, 15) is 19.8 Å². The molecule has 0 radical (unpaired) electrons. The highest BCUT2D eigenvalue weighted by molar-refractivity contribution is 5.71. The number of hydrogen-bond acceptors (Lipinski definition) is 4. The van der Waals surface area contributed by atoms with Crippen LogP contribution in [-0.2, 0) is 14.3 Å². The first kappa shape index (κ1) is 30.3. The van der Waals surface area contributed by atoms with Crippen molar-refractivity contribution in [3.63, 3.8) is 0 Å². The number of aliphatic hydroxyl groups excluding tert-OH is 1. The molecule has 0 spiro atoms. The third kappa shape index (κ3) is 4.44. The summed E-state index contributed by atoms with van der Waals surface area (Å²) >= 11 is 0. The van der Waals surface area contributed by atoms with Crippen LogP contribution in [0.1, 0.15) is 114 Å². The van der Waals surface area contributed by atoms with Gasteiger partial charge in [-0.25, -0.2) is 0 Å². The summed E-state index contributed by atoms with van der Waals surface area (Å²) in [6, 6.07) is 0. The second-order valence-corrected chi connectivity index (χ2v) is 15.2. The van der Waals surface area contributed by atoms with Crippen LogP contribution in [0.15, 0.2) is 23.3 Å². The Balaban J connectivity index is 1.74. The normalized spacial score (nSPS) is 42.6. The lowest BCUT2D eigenvalue weighted by Crippen LogP contribution is -2.57. The van der Waals surface area contributed by atoms with Gasteiger partial charge in [-0.05, 0) is 92.3 Å². The summed E-state index contributed by atoms with van der Waals surface area (Å²) in [4.78, 5) is 24.7. The van der Waals surface area contributed by atoms with Gasteiger partial charge in [0.2, 0.25) is 0 Å². The summed E-state index contributed by atoms with van der Waals surface area (Å²) in [6.45, 7) is 23.7. The van der Waals surface area contributed by atoms with E-state index in [0.29, 0.717) is 18.8 Å². The molecule has 0 saturated heterocycles. The van der Waals surface area contributed by atoms with Crippen molar-refractivity contribution in [1.29, 1.82) is 0 Å². The Labute approximate surface area is 236 Å². The van der Waals surface area contributed by atoms with Crippen molar-refractivity contribution in [3.05, 3.63) is 23.3 Å². The number of hydrogen-bond donors (Lipinski definition) is 2. The molecule has 2 N–H and O–H groups in total. The fourth-order valence-corrected chi connectivity index (χ4v) is 10.4. The van der Waals surface area contributed by atoms with Crippen LogP contribution in [0.3, 0.4) is 0 Å². The summed E-state index contributed by atoms with van der Waals surface area (Å²) < 4.78 is 5.85. The molecule has 2 fully saturated rings. The van der Waals surface area contributed by atoms with Crippen molar-refractivity contribution in [1.82, 2.24) is 0 Å². The summed E-state index contributed by atoms with van der Waals surface area (Å²) in [6.07, 6.45) is 6.14. The zero-order chi connectivity index (χ0) is 29.3. The van der Waals surface area contributed by atoms with E-state index in [1.807, 2.05) is 6.92 Å². The van der Waals surface area contributed by atoms with Crippen LogP contribution in [0, 0.1) is 51.2 Å². The largest absolute Gasteiger partial charge is 0.481 e. The van der Waals surface area contributed by atoms with Crippen molar-refractivity contribution in [2.45, 2.75) is 126 Å². The first-order valence-corrected chi connectivity index (χ1v) is 15.4. The fraction of sp³-hybridized carbons (Fsp3) is 0.824. The molecule has 5 heteroatoms. The number of aliphatic hydroxyl groups is 1. The average molecular weight is 543 g/mol. The molecule has 39 heavy (non-hydrogen) atoms. The molecule has 4 rings (SSSR count). The van der Waals surface area contributed by atoms with Gasteiger partial charge in [-0.3, -0.25) is 9.59 Å². The van der Waals surface area contributed by atoms with Gasteiger partial charge in [-0.15, -0.1) is 0 Å². The minimum absolute atomic E-state index is 0.0263. The van der Waals surface area contributed by atoms with E-state index in [1.54, 1.807) is 5.57 Å². The molecular weight excluding hydrogens is 488 g/mol. The Morgan fingerprint density at radius 3 is 2.28 bits per heavy atom. The number of rotatable bonds is 7. The van der Waals surface area contributed by atoms with Gasteiger partial charge < -0.3 is 14.9 Å². The van der Waals surface area contributed by atoms with Crippen LogP contribution < -0.4 is 0 Å². The van der Waals surface area contributed by atoms with Gasteiger partial charge in [-0.2, -0.15) is 0 Å². The van der Waals surface area contributed by atoms with Crippen LogP contribution in [-0.4, -0.2) is 34.4 Å². The van der Waals surface area contributed by atoms with Crippen molar-refractivity contribution in [3.8, 4) is 0 Å². The molecule has 4 aliphatic rings. The van der Waals surface area contributed by atoms with Crippen molar-refractivity contribution in [2.75, 3.05) is 0 Å². The van der Waals surface area contributed by atoms with E-state index < -0.39 is 18.0 Å². The molecule has 0 aromatic rings. The standard InChI is InChI=1S/C34H54O5/c1-19(2)20(3)11-12-23(30(37)38)29-26(36)18-33(9)24-13-14-27-31(6,7)28(39-22(5)35)15-16-32(27,8)25(24)17-21(4)34(29,33)10/h20-21,23,26-29,36H,1,11-18H2,2-10H3,(H,37,38)/t20?,21?,23-,26-,27?,28?,29?,32?,33+,34?/m1/s1. The quantitative estimate of drug-likeness (QED) is 0.256. The third-order valence-corrected chi connectivity index (χ3v) is 13.1. The van der Waals surface area contributed by atoms with Crippen molar-refractivity contribution < 1.29 is 24.5 Å². The lowest BCUT2D eigenvalue weighted by molar-refractivity contribution is -0.167. The van der Waals surface area contributed by atoms with Gasteiger partial charge >= 0.3 is 11.9 Å². The Bertz CT molecular complexity index is 1060. The third-order valence-electron chi connectivity index (χ3n) is 13.1. The van der Waals surface area contributed by atoms with Gasteiger partial charge in [0.25, 0.3) is 0 Å². The molecule has 0 aliphatic heterocycles. The molecule has 5 nitrogen and oxygen atoms in total. The molecule has 10 atom stereocenters. The van der Waals surface area contributed by atoms with Gasteiger partial charge in [0, 0.05) is 18.3 Å². The van der Waals surface area contributed by atoms with Crippen molar-refractivity contribution >= 4 is 11.9 Å². The van der Waals surface area contributed by atoms with E-state index in [4.69, 9.17) is 4.74 Å². The van der Waals surface area contributed by atoms with Crippen molar-refractivity contribution in [2.24, 2.45) is 51.2 Å². The van der Waals surface area contributed by atoms with Crippen LogP contribution >= 0.6 is 0 Å². The van der Waals surface area contributed by atoms with Gasteiger partial charge in [0.15, 0.2) is 0 Å². The summed E-state index contributed by atoms with van der Waals surface area (Å²) in [7, 11) is 0. The number of ether oxygens (including phenoxy) is 1. The number of esters is 1. The molecule has 220 valence electrons. The minimum atomic E-state index is -0.772. The van der Waals surface area contributed by atoms with Crippen LogP contribution in [0.25, 0.3) is 0 Å². The van der Waals surface area contributed by atoms with Gasteiger partial charge in [-0.1, -0.05) is 71.8 Å². The first-order chi connectivity index (χ1) is 17.9. The maximum atomic E-state index is 12.8. The maximum Gasteiger partial charge on any atom is 0.306 e. The number of carbonyl (C=O) groups is 2. The zero-order valence-corrected chi connectivity index (χ0v) is 26.0. The predicted octanol–water partition coefficient (Wildman–Crippen LogP) is 7.58. The van der Waals surface area contributed by atoms with Gasteiger partial charge in [0.05, 0.1) is 12.0 Å². The van der Waals surface area contributed by atoms with Crippen LogP contribution in [0.4, 0.5) is 0 Å². The minimum Gasteiger partial charge on any atom is -0.481 e. The lowest BCUT2D eigenvalue weighted by Gasteiger charge is -2.63. The Kier molecular flexibility index (Phi) is 7.80. The number of allylic oxidation sites excluding steroid dienone is 3. The molecule has 4 aliphatic carbocycles. The SMILES string of the molecule is C=C(C)C(C)CC[C@@H](C(=O)O)C1[C@H](O)C[C@@]2(C)C3=C(CC(C)C12C)C1(C)CCC(OC(C)=O)C(C)(C)C1CC3. The van der Waals surface area contributed by atoms with E-state index in [1.165, 1.54) is 12.5 Å². The van der Waals surface area contributed by atoms with Crippen LogP contribution in [0.5, 0.6) is 0 Å².